The maximum atomic E-state index is 12.6. The molecule has 114 valence electrons. The minimum Gasteiger partial charge on any atom is -0.293 e. The van der Waals surface area contributed by atoms with Crippen molar-refractivity contribution in [3.63, 3.8) is 0 Å². The second-order valence-electron chi connectivity index (χ2n) is 5.08. The van der Waals surface area contributed by atoms with Crippen molar-refractivity contribution in [1.82, 2.24) is 0 Å². The maximum Gasteiger partial charge on any atom is 0.180 e. The van der Waals surface area contributed by atoms with Gasteiger partial charge in [-0.3, -0.25) is 4.79 Å². The van der Waals surface area contributed by atoms with E-state index in [4.69, 9.17) is 0 Å². The van der Waals surface area contributed by atoms with Gasteiger partial charge < -0.3 is 0 Å². The van der Waals surface area contributed by atoms with E-state index < -0.39 is 0 Å². The fourth-order valence-corrected chi connectivity index (χ4v) is 3.64. The van der Waals surface area contributed by atoms with Crippen molar-refractivity contribution >= 4 is 33.5 Å². The van der Waals surface area contributed by atoms with Crippen LogP contribution in [0, 0.1) is 0 Å². The van der Waals surface area contributed by atoms with Crippen molar-refractivity contribution in [3.8, 4) is 0 Å². The molecule has 23 heavy (non-hydrogen) atoms. The molecule has 0 amide bonds. The molecule has 3 aromatic rings. The van der Waals surface area contributed by atoms with Crippen molar-refractivity contribution < 1.29 is 4.79 Å². The summed E-state index contributed by atoms with van der Waals surface area (Å²) in [5.74, 6) is 0.0764. The number of hydrogen-bond acceptors (Lipinski definition) is 2. The van der Waals surface area contributed by atoms with Crippen molar-refractivity contribution in [1.29, 1.82) is 0 Å². The molecule has 0 aliphatic heterocycles. The van der Waals surface area contributed by atoms with Gasteiger partial charge in [-0.15, -0.1) is 0 Å². The fraction of sp³-hybridized carbons (Fsp3) is 0.0500. The summed E-state index contributed by atoms with van der Waals surface area (Å²) in [6, 6.07) is 27.7. The van der Waals surface area contributed by atoms with Crippen LogP contribution in [0.3, 0.4) is 0 Å². The molecule has 0 saturated carbocycles. The van der Waals surface area contributed by atoms with E-state index >= 15 is 0 Å². The highest BCUT2D eigenvalue weighted by Gasteiger charge is 2.18. The Kier molecular flexibility index (Phi) is 5.31. The number of carbonyl (C=O) groups excluding carboxylic acids is 1. The zero-order valence-corrected chi connectivity index (χ0v) is 14.8. The number of halogens is 1. The SMILES string of the molecule is O=C(c1ccc(Sc2ccccc2)cc1)C(Br)c1ccccc1. The Morgan fingerprint density at radius 1 is 0.739 bits per heavy atom. The second-order valence-corrected chi connectivity index (χ2v) is 7.14. The summed E-state index contributed by atoms with van der Waals surface area (Å²) >= 11 is 5.20. The van der Waals surface area contributed by atoms with Gasteiger partial charge in [0.05, 0.1) is 0 Å². The number of benzene rings is 3. The Bertz CT molecular complexity index is 770. The van der Waals surface area contributed by atoms with Gasteiger partial charge in [-0.25, -0.2) is 0 Å². The third-order valence-electron chi connectivity index (χ3n) is 3.44. The van der Waals surface area contributed by atoms with Gasteiger partial charge in [-0.2, -0.15) is 0 Å². The maximum absolute atomic E-state index is 12.6. The molecule has 0 radical (unpaired) electrons. The van der Waals surface area contributed by atoms with Gasteiger partial charge >= 0.3 is 0 Å². The van der Waals surface area contributed by atoms with Gasteiger partial charge in [0.15, 0.2) is 5.78 Å². The standard InChI is InChI=1S/C20H15BrOS/c21-19(15-7-3-1-4-8-15)20(22)16-11-13-18(14-12-16)23-17-9-5-2-6-10-17/h1-14,19H. The van der Waals surface area contributed by atoms with Crippen LogP contribution in [-0.2, 0) is 0 Å². The lowest BCUT2D eigenvalue weighted by molar-refractivity contribution is 0.0991. The molecule has 3 rings (SSSR count). The van der Waals surface area contributed by atoms with Crippen molar-refractivity contribution in [3.05, 3.63) is 96.1 Å². The van der Waals surface area contributed by atoms with E-state index in [0.29, 0.717) is 5.56 Å². The quantitative estimate of drug-likeness (QED) is 0.388. The molecule has 0 fully saturated rings. The summed E-state index contributed by atoms with van der Waals surface area (Å²) < 4.78 is 0. The highest BCUT2D eigenvalue weighted by molar-refractivity contribution is 9.09. The fourth-order valence-electron chi connectivity index (χ4n) is 2.23. The van der Waals surface area contributed by atoms with E-state index in [1.807, 2.05) is 72.8 Å². The van der Waals surface area contributed by atoms with E-state index in [9.17, 15) is 4.79 Å². The van der Waals surface area contributed by atoms with Crippen molar-refractivity contribution in [2.75, 3.05) is 0 Å². The molecule has 1 unspecified atom stereocenters. The minimum absolute atomic E-state index is 0.0764. The van der Waals surface area contributed by atoms with E-state index in [1.165, 1.54) is 4.90 Å². The zero-order chi connectivity index (χ0) is 16.1. The molecule has 0 aromatic heterocycles. The van der Waals surface area contributed by atoms with Gasteiger partial charge in [0.1, 0.15) is 4.83 Å². The predicted octanol–water partition coefficient (Wildman–Crippen LogP) is 6.16. The first-order valence-corrected chi connectivity index (χ1v) is 9.03. The molecular weight excluding hydrogens is 368 g/mol. The smallest absolute Gasteiger partial charge is 0.180 e. The van der Waals surface area contributed by atoms with Gasteiger partial charge in [-0.1, -0.05) is 88.4 Å². The van der Waals surface area contributed by atoms with E-state index in [1.54, 1.807) is 11.8 Å². The van der Waals surface area contributed by atoms with Gasteiger partial charge in [0, 0.05) is 15.4 Å². The molecule has 3 heteroatoms. The summed E-state index contributed by atoms with van der Waals surface area (Å²) in [6.45, 7) is 0. The summed E-state index contributed by atoms with van der Waals surface area (Å²) in [6.07, 6.45) is 0. The molecule has 0 heterocycles. The molecule has 1 atom stereocenters. The number of rotatable bonds is 5. The Hall–Kier alpha value is -1.84. The lowest BCUT2D eigenvalue weighted by atomic mass is 10.0. The minimum atomic E-state index is -0.309. The predicted molar refractivity (Wildman–Crippen MR) is 99.4 cm³/mol. The average Bonchev–Trinajstić information content (AvgIpc) is 2.63. The summed E-state index contributed by atoms with van der Waals surface area (Å²) in [4.78, 5) is 14.6. The van der Waals surface area contributed by atoms with Crippen LogP contribution in [0.4, 0.5) is 0 Å². The Labute approximate surface area is 148 Å². The van der Waals surface area contributed by atoms with Crippen LogP contribution in [0.25, 0.3) is 0 Å². The second kappa shape index (κ2) is 7.62. The largest absolute Gasteiger partial charge is 0.293 e. The Morgan fingerprint density at radius 2 is 1.26 bits per heavy atom. The normalized spacial score (nSPS) is 11.9. The van der Waals surface area contributed by atoms with Crippen molar-refractivity contribution in [2.45, 2.75) is 14.6 Å². The molecule has 3 aromatic carbocycles. The van der Waals surface area contributed by atoms with E-state index in [2.05, 4.69) is 28.1 Å². The summed E-state index contributed by atoms with van der Waals surface area (Å²) in [7, 11) is 0. The van der Waals surface area contributed by atoms with Crippen LogP contribution in [0.15, 0.2) is 94.7 Å². The monoisotopic (exact) mass is 382 g/mol. The molecular formula is C20H15BrOS. The lowest BCUT2D eigenvalue weighted by Crippen LogP contribution is -2.06. The molecule has 0 saturated heterocycles. The number of hydrogen-bond donors (Lipinski definition) is 0. The first-order valence-electron chi connectivity index (χ1n) is 7.30. The van der Waals surface area contributed by atoms with Crippen LogP contribution < -0.4 is 0 Å². The first-order chi connectivity index (χ1) is 11.2. The van der Waals surface area contributed by atoms with Gasteiger partial charge in [0.25, 0.3) is 0 Å². The lowest BCUT2D eigenvalue weighted by Gasteiger charge is -2.10. The van der Waals surface area contributed by atoms with Crippen LogP contribution in [-0.4, -0.2) is 5.78 Å². The van der Waals surface area contributed by atoms with Crippen LogP contribution in [0.5, 0.6) is 0 Å². The average molecular weight is 383 g/mol. The summed E-state index contributed by atoms with van der Waals surface area (Å²) in [5.41, 5.74) is 1.69. The number of ketones is 1. The van der Waals surface area contributed by atoms with Gasteiger partial charge in [0.2, 0.25) is 0 Å². The van der Waals surface area contributed by atoms with Crippen LogP contribution in [0.1, 0.15) is 20.7 Å². The third kappa shape index (κ3) is 4.12. The highest BCUT2D eigenvalue weighted by atomic mass is 79.9. The summed E-state index contributed by atoms with van der Waals surface area (Å²) in [5, 5.41) is 0. The van der Waals surface area contributed by atoms with Crippen LogP contribution >= 0.6 is 27.7 Å². The number of alkyl halides is 1. The Balaban J connectivity index is 1.73. The molecule has 0 bridgehead atoms. The van der Waals surface area contributed by atoms with E-state index in [0.717, 1.165) is 10.5 Å². The molecule has 0 spiro atoms. The van der Waals surface area contributed by atoms with Crippen LogP contribution in [0.2, 0.25) is 0 Å². The number of carbonyl (C=O) groups is 1. The molecule has 0 aliphatic rings. The third-order valence-corrected chi connectivity index (χ3v) is 5.40. The number of Topliss-reactive ketones (excluding diaryl/α,β-unsaturated/α-hetero) is 1. The Morgan fingerprint density at radius 3 is 1.87 bits per heavy atom. The first kappa shape index (κ1) is 16.0. The topological polar surface area (TPSA) is 17.1 Å². The van der Waals surface area contributed by atoms with E-state index in [-0.39, 0.29) is 10.6 Å². The zero-order valence-electron chi connectivity index (χ0n) is 12.4. The van der Waals surface area contributed by atoms with Crippen molar-refractivity contribution in [2.24, 2.45) is 0 Å². The molecule has 0 N–H and O–H groups in total. The molecule has 0 aliphatic carbocycles. The van der Waals surface area contributed by atoms with Gasteiger partial charge in [-0.05, 0) is 29.8 Å². The molecule has 1 nitrogen and oxygen atoms in total. The highest BCUT2D eigenvalue weighted by Crippen LogP contribution is 2.30.